The quantitative estimate of drug-likeness (QED) is 0.811. The molecule has 0 saturated heterocycles. The Labute approximate surface area is 134 Å². The molecule has 0 spiro atoms. The van der Waals surface area contributed by atoms with Crippen LogP contribution in [0.5, 0.6) is 0 Å². The van der Waals surface area contributed by atoms with Crippen LogP contribution in [0.3, 0.4) is 0 Å². The molecule has 1 aliphatic rings. The Morgan fingerprint density at radius 1 is 1.24 bits per heavy atom. The monoisotopic (exact) mass is 310 g/mol. The molecule has 0 aliphatic carbocycles. The van der Waals surface area contributed by atoms with Crippen LogP contribution < -0.4 is 10.6 Å². The summed E-state index contributed by atoms with van der Waals surface area (Å²) in [5, 5.41) is 0. The maximum absolute atomic E-state index is 12.4. The van der Waals surface area contributed by atoms with E-state index in [4.69, 9.17) is 5.73 Å². The first kappa shape index (κ1) is 18.0. The Morgan fingerprint density at radius 3 is 2.71 bits per heavy atom. The van der Waals surface area contributed by atoms with Crippen LogP contribution in [0.2, 0.25) is 0 Å². The number of amides is 1. The number of halogens is 1. The van der Waals surface area contributed by atoms with Crippen molar-refractivity contribution < 1.29 is 4.79 Å². The van der Waals surface area contributed by atoms with Crippen molar-refractivity contribution in [3.05, 3.63) is 29.8 Å². The number of hydrogen-bond donors (Lipinski definition) is 1. The van der Waals surface area contributed by atoms with Crippen molar-refractivity contribution in [2.45, 2.75) is 51.4 Å². The number of para-hydroxylation sites is 1. The molecule has 118 valence electrons. The summed E-state index contributed by atoms with van der Waals surface area (Å²) in [6, 6.07) is 8.33. The van der Waals surface area contributed by atoms with E-state index in [1.54, 1.807) is 0 Å². The molecule has 1 atom stereocenters. The number of benzene rings is 1. The van der Waals surface area contributed by atoms with Crippen LogP contribution in [0.15, 0.2) is 24.3 Å². The minimum Gasteiger partial charge on any atom is -0.330 e. The minimum absolute atomic E-state index is 0. The third kappa shape index (κ3) is 4.72. The highest BCUT2D eigenvalue weighted by Crippen LogP contribution is 2.35. The SMILES string of the molecule is CC1CCN(C(=O)CCCCCCN)c2ccccc21.Cl. The zero-order chi connectivity index (χ0) is 14.4. The Hall–Kier alpha value is -1.06. The summed E-state index contributed by atoms with van der Waals surface area (Å²) in [5.74, 6) is 0.830. The molecule has 2 rings (SSSR count). The fraction of sp³-hybridized carbons (Fsp3) is 0.588. The molecule has 0 radical (unpaired) electrons. The Balaban J connectivity index is 0.00000220. The Bertz CT molecular complexity index is 450. The van der Waals surface area contributed by atoms with Gasteiger partial charge in [-0.25, -0.2) is 0 Å². The molecule has 1 aliphatic heterocycles. The average Bonchev–Trinajstić information content (AvgIpc) is 2.47. The molecule has 0 bridgehead atoms. The van der Waals surface area contributed by atoms with Gasteiger partial charge in [-0.2, -0.15) is 0 Å². The normalized spacial score (nSPS) is 17.0. The summed E-state index contributed by atoms with van der Waals surface area (Å²) >= 11 is 0. The van der Waals surface area contributed by atoms with Gasteiger partial charge in [-0.05, 0) is 43.4 Å². The van der Waals surface area contributed by atoms with Gasteiger partial charge in [0.2, 0.25) is 5.91 Å². The van der Waals surface area contributed by atoms with Crippen molar-refractivity contribution in [1.29, 1.82) is 0 Å². The molecule has 1 amide bonds. The molecule has 4 heteroatoms. The molecule has 1 unspecified atom stereocenters. The molecular formula is C17H27ClN2O. The predicted molar refractivity (Wildman–Crippen MR) is 91.2 cm³/mol. The molecule has 2 N–H and O–H groups in total. The number of unbranched alkanes of at least 4 members (excludes halogenated alkanes) is 3. The van der Waals surface area contributed by atoms with E-state index in [9.17, 15) is 4.79 Å². The predicted octanol–water partition coefficient (Wildman–Crippen LogP) is 3.86. The van der Waals surface area contributed by atoms with Crippen LogP contribution in [0, 0.1) is 0 Å². The van der Waals surface area contributed by atoms with Crippen LogP contribution >= 0.6 is 12.4 Å². The smallest absolute Gasteiger partial charge is 0.226 e. The summed E-state index contributed by atoms with van der Waals surface area (Å²) in [7, 11) is 0. The van der Waals surface area contributed by atoms with Gasteiger partial charge < -0.3 is 10.6 Å². The van der Waals surface area contributed by atoms with Crippen molar-refractivity contribution in [1.82, 2.24) is 0 Å². The molecule has 3 nitrogen and oxygen atoms in total. The molecule has 1 aromatic carbocycles. The number of nitrogens with zero attached hydrogens (tertiary/aromatic N) is 1. The van der Waals surface area contributed by atoms with E-state index in [0.717, 1.165) is 50.9 Å². The van der Waals surface area contributed by atoms with E-state index >= 15 is 0 Å². The largest absolute Gasteiger partial charge is 0.330 e. The summed E-state index contributed by atoms with van der Waals surface area (Å²) in [4.78, 5) is 14.4. The van der Waals surface area contributed by atoms with Gasteiger partial charge >= 0.3 is 0 Å². The average molecular weight is 311 g/mol. The topological polar surface area (TPSA) is 46.3 Å². The summed E-state index contributed by atoms with van der Waals surface area (Å²) in [6.45, 7) is 3.86. The zero-order valence-corrected chi connectivity index (χ0v) is 13.7. The van der Waals surface area contributed by atoms with Gasteiger partial charge in [0.05, 0.1) is 0 Å². The van der Waals surface area contributed by atoms with Crippen LogP contribution in [0.25, 0.3) is 0 Å². The van der Waals surface area contributed by atoms with E-state index in [1.165, 1.54) is 5.56 Å². The standard InChI is InChI=1S/C17H26N2O.ClH/c1-14-11-13-19(16-9-6-5-8-15(14)16)17(20)10-4-2-3-7-12-18;/h5-6,8-9,14H,2-4,7,10-13,18H2,1H3;1H. The minimum atomic E-state index is 0. The fourth-order valence-electron chi connectivity index (χ4n) is 2.92. The van der Waals surface area contributed by atoms with Crippen molar-refractivity contribution in [2.75, 3.05) is 18.0 Å². The zero-order valence-electron chi connectivity index (χ0n) is 12.9. The molecule has 21 heavy (non-hydrogen) atoms. The lowest BCUT2D eigenvalue weighted by molar-refractivity contribution is -0.118. The van der Waals surface area contributed by atoms with E-state index in [-0.39, 0.29) is 18.3 Å². The van der Waals surface area contributed by atoms with E-state index in [1.807, 2.05) is 11.0 Å². The Morgan fingerprint density at radius 2 is 1.95 bits per heavy atom. The number of nitrogens with two attached hydrogens (primary N) is 1. The molecule has 1 aromatic rings. The second kappa shape index (κ2) is 9.06. The second-order valence-corrected chi connectivity index (χ2v) is 5.75. The number of carbonyl (C=O) groups excluding carboxylic acids is 1. The van der Waals surface area contributed by atoms with E-state index in [0.29, 0.717) is 12.3 Å². The van der Waals surface area contributed by atoms with Gasteiger partial charge in [0, 0.05) is 18.7 Å². The van der Waals surface area contributed by atoms with Crippen molar-refractivity contribution >= 4 is 24.0 Å². The van der Waals surface area contributed by atoms with E-state index < -0.39 is 0 Å². The van der Waals surface area contributed by atoms with Crippen molar-refractivity contribution in [3.8, 4) is 0 Å². The lowest BCUT2D eigenvalue weighted by atomic mass is 9.91. The number of hydrogen-bond acceptors (Lipinski definition) is 2. The van der Waals surface area contributed by atoms with Crippen LogP contribution in [-0.2, 0) is 4.79 Å². The first-order valence-electron chi connectivity index (χ1n) is 7.83. The molecule has 0 aromatic heterocycles. The summed E-state index contributed by atoms with van der Waals surface area (Å²) < 4.78 is 0. The number of rotatable bonds is 6. The first-order valence-corrected chi connectivity index (χ1v) is 7.83. The maximum atomic E-state index is 12.4. The van der Waals surface area contributed by atoms with Crippen molar-refractivity contribution in [2.24, 2.45) is 5.73 Å². The third-order valence-electron chi connectivity index (χ3n) is 4.19. The highest BCUT2D eigenvalue weighted by atomic mass is 35.5. The molecule has 0 saturated carbocycles. The fourth-order valence-corrected chi connectivity index (χ4v) is 2.92. The van der Waals surface area contributed by atoms with Crippen LogP contribution in [0.1, 0.15) is 56.9 Å². The number of carbonyl (C=O) groups is 1. The lowest BCUT2D eigenvalue weighted by Crippen LogP contribution is -2.36. The highest BCUT2D eigenvalue weighted by molar-refractivity contribution is 5.94. The van der Waals surface area contributed by atoms with Gasteiger partial charge in [0.25, 0.3) is 0 Å². The summed E-state index contributed by atoms with van der Waals surface area (Å²) in [5.41, 5.74) is 7.92. The maximum Gasteiger partial charge on any atom is 0.226 e. The van der Waals surface area contributed by atoms with Gasteiger partial charge in [-0.3, -0.25) is 4.79 Å². The lowest BCUT2D eigenvalue weighted by Gasteiger charge is -2.33. The Kier molecular flexibility index (Phi) is 7.76. The van der Waals surface area contributed by atoms with Crippen molar-refractivity contribution in [3.63, 3.8) is 0 Å². The summed E-state index contributed by atoms with van der Waals surface area (Å²) in [6.07, 6.45) is 6.01. The second-order valence-electron chi connectivity index (χ2n) is 5.75. The van der Waals surface area contributed by atoms with Crippen LogP contribution in [0.4, 0.5) is 5.69 Å². The van der Waals surface area contributed by atoms with Gasteiger partial charge in [-0.15, -0.1) is 12.4 Å². The number of fused-ring (bicyclic) bond motifs is 1. The number of anilines is 1. The van der Waals surface area contributed by atoms with E-state index in [2.05, 4.69) is 25.1 Å². The molecule has 1 heterocycles. The van der Waals surface area contributed by atoms with Crippen LogP contribution in [-0.4, -0.2) is 19.0 Å². The molecule has 0 fully saturated rings. The van der Waals surface area contributed by atoms with Gasteiger partial charge in [0.1, 0.15) is 0 Å². The first-order chi connectivity index (χ1) is 9.74. The van der Waals surface area contributed by atoms with Gasteiger partial charge in [-0.1, -0.05) is 38.0 Å². The van der Waals surface area contributed by atoms with Gasteiger partial charge in [0.15, 0.2) is 0 Å². The highest BCUT2D eigenvalue weighted by Gasteiger charge is 2.25. The third-order valence-corrected chi connectivity index (χ3v) is 4.19. The molecular weight excluding hydrogens is 284 g/mol.